The Morgan fingerprint density at radius 2 is 2.00 bits per heavy atom. The third-order valence-electron chi connectivity index (χ3n) is 3.03. The fourth-order valence-corrected chi connectivity index (χ4v) is 2.15. The summed E-state index contributed by atoms with van der Waals surface area (Å²) in [7, 11) is 1.53. The zero-order valence-electron chi connectivity index (χ0n) is 11.5. The number of benzene rings is 2. The van der Waals surface area contributed by atoms with Gasteiger partial charge in [0, 0.05) is 22.7 Å². The van der Waals surface area contributed by atoms with Crippen LogP contribution in [0.5, 0.6) is 5.75 Å². The number of hydrogen-bond acceptors (Lipinski definition) is 2. The Morgan fingerprint density at radius 3 is 2.71 bits per heavy atom. The molecule has 110 valence electrons. The molecule has 0 spiro atoms. The first-order chi connectivity index (χ1) is 10.1. The first-order valence-corrected chi connectivity index (χ1v) is 6.80. The fourth-order valence-electron chi connectivity index (χ4n) is 1.96. The van der Waals surface area contributed by atoms with E-state index in [2.05, 4.69) is 5.32 Å². The van der Waals surface area contributed by atoms with E-state index >= 15 is 0 Å². The molecule has 1 N–H and O–H groups in total. The maximum absolute atomic E-state index is 13.4. The van der Waals surface area contributed by atoms with Crippen LogP contribution >= 0.6 is 11.6 Å². The highest BCUT2D eigenvalue weighted by Crippen LogP contribution is 2.23. The number of rotatable bonds is 5. The molecule has 1 amide bonds. The number of carbonyl (C=O) groups is 1. The van der Waals surface area contributed by atoms with Gasteiger partial charge in [0.25, 0.3) is 0 Å². The van der Waals surface area contributed by atoms with Crippen LogP contribution in [0.1, 0.15) is 11.1 Å². The maximum atomic E-state index is 13.4. The Balaban J connectivity index is 1.99. The predicted octanol–water partition coefficient (Wildman–Crippen LogP) is 3.35. The van der Waals surface area contributed by atoms with Gasteiger partial charge in [0.15, 0.2) is 0 Å². The third-order valence-corrected chi connectivity index (χ3v) is 3.26. The lowest BCUT2D eigenvalue weighted by Crippen LogP contribution is -2.25. The molecule has 2 rings (SSSR count). The highest BCUT2D eigenvalue weighted by Gasteiger charge is 2.10. The van der Waals surface area contributed by atoms with Gasteiger partial charge in [0.05, 0.1) is 13.5 Å². The van der Waals surface area contributed by atoms with Crippen LogP contribution < -0.4 is 10.1 Å². The second-order valence-electron chi connectivity index (χ2n) is 4.50. The highest BCUT2D eigenvalue weighted by atomic mass is 35.5. The van der Waals surface area contributed by atoms with Crippen molar-refractivity contribution in [1.82, 2.24) is 5.32 Å². The first kappa shape index (κ1) is 15.3. The molecule has 0 radical (unpaired) electrons. The number of amides is 1. The normalized spacial score (nSPS) is 10.2. The van der Waals surface area contributed by atoms with E-state index in [-0.39, 0.29) is 24.7 Å². The van der Waals surface area contributed by atoms with E-state index in [1.54, 1.807) is 36.4 Å². The van der Waals surface area contributed by atoms with Gasteiger partial charge in [-0.1, -0.05) is 29.8 Å². The Kier molecular flexibility index (Phi) is 5.17. The summed E-state index contributed by atoms with van der Waals surface area (Å²) in [6.07, 6.45) is 0.123. The van der Waals surface area contributed by atoms with Gasteiger partial charge in [0.1, 0.15) is 11.6 Å². The molecule has 21 heavy (non-hydrogen) atoms. The minimum Gasteiger partial charge on any atom is -0.496 e. The Morgan fingerprint density at radius 1 is 1.24 bits per heavy atom. The van der Waals surface area contributed by atoms with Crippen molar-refractivity contribution in [3.05, 3.63) is 64.4 Å². The summed E-state index contributed by atoms with van der Waals surface area (Å²) in [6.45, 7) is 0.147. The first-order valence-electron chi connectivity index (χ1n) is 6.42. The molecular formula is C16H15ClFNO2. The summed E-state index contributed by atoms with van der Waals surface area (Å²) in [4.78, 5) is 11.9. The Hall–Kier alpha value is -2.07. The van der Waals surface area contributed by atoms with Gasteiger partial charge in [-0.15, -0.1) is 0 Å². The zero-order valence-corrected chi connectivity index (χ0v) is 12.3. The molecule has 0 aromatic heterocycles. The van der Waals surface area contributed by atoms with Crippen molar-refractivity contribution in [3.63, 3.8) is 0 Å². The van der Waals surface area contributed by atoms with Crippen LogP contribution in [0.3, 0.4) is 0 Å². The monoisotopic (exact) mass is 307 g/mol. The molecular weight excluding hydrogens is 293 g/mol. The largest absolute Gasteiger partial charge is 0.496 e. The predicted molar refractivity (Wildman–Crippen MR) is 80.0 cm³/mol. The van der Waals surface area contributed by atoms with Crippen molar-refractivity contribution >= 4 is 17.5 Å². The summed E-state index contributed by atoms with van der Waals surface area (Å²) >= 11 is 5.91. The molecule has 0 aliphatic carbocycles. The van der Waals surface area contributed by atoms with Crippen molar-refractivity contribution in [2.24, 2.45) is 0 Å². The molecule has 0 fully saturated rings. The standard InChI is InChI=1S/C16H15ClFNO2/c1-21-15-7-6-13(17)8-12(15)9-16(20)19-10-11-4-2-3-5-14(11)18/h2-8H,9-10H2,1H3,(H,19,20). The number of carbonyl (C=O) groups excluding carboxylic acids is 1. The number of ether oxygens (including phenoxy) is 1. The smallest absolute Gasteiger partial charge is 0.224 e. The van der Waals surface area contributed by atoms with E-state index in [1.165, 1.54) is 13.2 Å². The van der Waals surface area contributed by atoms with Crippen LogP contribution in [0.2, 0.25) is 5.02 Å². The zero-order chi connectivity index (χ0) is 15.2. The molecule has 5 heteroatoms. The molecule has 2 aromatic carbocycles. The Bertz CT molecular complexity index is 646. The SMILES string of the molecule is COc1ccc(Cl)cc1CC(=O)NCc1ccccc1F. The van der Waals surface area contributed by atoms with E-state index in [0.29, 0.717) is 21.9 Å². The number of hydrogen-bond donors (Lipinski definition) is 1. The van der Waals surface area contributed by atoms with Crippen molar-refractivity contribution in [2.45, 2.75) is 13.0 Å². The lowest BCUT2D eigenvalue weighted by Gasteiger charge is -2.10. The second kappa shape index (κ2) is 7.09. The lowest BCUT2D eigenvalue weighted by atomic mass is 10.1. The molecule has 0 saturated heterocycles. The summed E-state index contributed by atoms with van der Waals surface area (Å²) in [6, 6.07) is 11.4. The maximum Gasteiger partial charge on any atom is 0.224 e. The minimum absolute atomic E-state index is 0.123. The third kappa shape index (κ3) is 4.20. The molecule has 0 aliphatic rings. The molecule has 0 bridgehead atoms. The number of halogens is 2. The van der Waals surface area contributed by atoms with Crippen LogP contribution in [0.4, 0.5) is 4.39 Å². The van der Waals surface area contributed by atoms with Gasteiger partial charge < -0.3 is 10.1 Å². The average Bonchev–Trinajstić information content (AvgIpc) is 2.47. The summed E-state index contributed by atoms with van der Waals surface area (Å²) in [5, 5.41) is 3.22. The molecule has 0 heterocycles. The number of nitrogens with one attached hydrogen (secondary N) is 1. The molecule has 0 unspecified atom stereocenters. The Labute approximate surface area is 127 Å². The molecule has 0 saturated carbocycles. The van der Waals surface area contributed by atoms with Crippen molar-refractivity contribution in [2.75, 3.05) is 7.11 Å². The van der Waals surface area contributed by atoms with E-state index in [9.17, 15) is 9.18 Å². The van der Waals surface area contributed by atoms with E-state index in [0.717, 1.165) is 0 Å². The van der Waals surface area contributed by atoms with Gasteiger partial charge in [-0.2, -0.15) is 0 Å². The van der Waals surface area contributed by atoms with E-state index < -0.39 is 0 Å². The minimum atomic E-state index is -0.335. The molecule has 0 aliphatic heterocycles. The van der Waals surface area contributed by atoms with Gasteiger partial charge in [-0.3, -0.25) is 4.79 Å². The average molecular weight is 308 g/mol. The van der Waals surface area contributed by atoms with Gasteiger partial charge >= 0.3 is 0 Å². The summed E-state index contributed by atoms with van der Waals surface area (Å²) < 4.78 is 18.6. The molecule has 3 nitrogen and oxygen atoms in total. The van der Waals surface area contributed by atoms with Gasteiger partial charge in [-0.05, 0) is 24.3 Å². The van der Waals surface area contributed by atoms with E-state index in [1.807, 2.05) is 0 Å². The fraction of sp³-hybridized carbons (Fsp3) is 0.188. The van der Waals surface area contributed by atoms with Crippen LogP contribution in [0, 0.1) is 5.82 Å². The number of methoxy groups -OCH3 is 1. The van der Waals surface area contributed by atoms with Gasteiger partial charge in [-0.25, -0.2) is 4.39 Å². The van der Waals surface area contributed by atoms with E-state index in [4.69, 9.17) is 16.3 Å². The summed E-state index contributed by atoms with van der Waals surface area (Å²) in [5.41, 5.74) is 1.14. The van der Waals surface area contributed by atoms with Crippen molar-refractivity contribution < 1.29 is 13.9 Å². The van der Waals surface area contributed by atoms with Crippen LogP contribution in [-0.2, 0) is 17.8 Å². The van der Waals surface area contributed by atoms with Gasteiger partial charge in [0.2, 0.25) is 5.91 Å². The van der Waals surface area contributed by atoms with Crippen LogP contribution in [-0.4, -0.2) is 13.0 Å². The quantitative estimate of drug-likeness (QED) is 0.920. The lowest BCUT2D eigenvalue weighted by molar-refractivity contribution is -0.120. The highest BCUT2D eigenvalue weighted by molar-refractivity contribution is 6.30. The molecule has 0 atom stereocenters. The van der Waals surface area contributed by atoms with Crippen molar-refractivity contribution in [3.8, 4) is 5.75 Å². The molecule has 2 aromatic rings. The second-order valence-corrected chi connectivity index (χ2v) is 4.94. The van der Waals surface area contributed by atoms with Crippen LogP contribution in [0.25, 0.3) is 0 Å². The summed E-state index contributed by atoms with van der Waals surface area (Å²) in [5.74, 6) is 0.0393. The topological polar surface area (TPSA) is 38.3 Å². The van der Waals surface area contributed by atoms with Crippen LogP contribution in [0.15, 0.2) is 42.5 Å². The van der Waals surface area contributed by atoms with Crippen molar-refractivity contribution in [1.29, 1.82) is 0 Å².